The van der Waals surface area contributed by atoms with Gasteiger partial charge in [-0.2, -0.15) is 5.10 Å². The number of carbonyl (C=O) groups is 1. The van der Waals surface area contributed by atoms with Crippen LogP contribution < -0.4 is 5.43 Å². The van der Waals surface area contributed by atoms with Crippen molar-refractivity contribution < 1.29 is 9.18 Å². The Balaban J connectivity index is 1.73. The molecule has 3 aromatic rings. The first-order valence-electron chi connectivity index (χ1n) is 6.39. The van der Waals surface area contributed by atoms with Crippen molar-refractivity contribution in [1.29, 1.82) is 0 Å². The Kier molecular flexibility index (Phi) is 3.47. The van der Waals surface area contributed by atoms with E-state index in [1.807, 2.05) is 24.3 Å². The van der Waals surface area contributed by atoms with Crippen LogP contribution in [0.2, 0.25) is 0 Å². The van der Waals surface area contributed by atoms with Gasteiger partial charge in [0.1, 0.15) is 5.82 Å². The molecule has 0 radical (unpaired) electrons. The van der Waals surface area contributed by atoms with Gasteiger partial charge in [-0.3, -0.25) is 4.79 Å². The predicted octanol–water partition coefficient (Wildman–Crippen LogP) is 3.07. The third-order valence-corrected chi connectivity index (χ3v) is 3.08. The van der Waals surface area contributed by atoms with Gasteiger partial charge in [0.05, 0.1) is 11.8 Å². The van der Waals surface area contributed by atoms with Gasteiger partial charge in [-0.05, 0) is 23.8 Å². The van der Waals surface area contributed by atoms with Crippen LogP contribution in [0, 0.1) is 5.82 Å². The summed E-state index contributed by atoms with van der Waals surface area (Å²) in [6.07, 6.45) is 3.11. The summed E-state index contributed by atoms with van der Waals surface area (Å²) in [4.78, 5) is 15.1. The number of para-hydroxylation sites is 1. The second-order valence-electron chi connectivity index (χ2n) is 4.50. The van der Waals surface area contributed by atoms with Gasteiger partial charge in [0, 0.05) is 17.1 Å². The highest BCUT2D eigenvalue weighted by Gasteiger charge is 2.10. The Morgan fingerprint density at radius 3 is 2.71 bits per heavy atom. The zero-order valence-electron chi connectivity index (χ0n) is 11.0. The number of nitrogens with one attached hydrogen (secondary N) is 2. The normalized spacial score (nSPS) is 11.1. The van der Waals surface area contributed by atoms with E-state index < -0.39 is 0 Å². The van der Waals surface area contributed by atoms with Crippen LogP contribution in [0.5, 0.6) is 0 Å². The molecule has 0 aliphatic heterocycles. The van der Waals surface area contributed by atoms with Gasteiger partial charge < -0.3 is 4.98 Å². The van der Waals surface area contributed by atoms with Gasteiger partial charge in [0.25, 0.3) is 5.91 Å². The first-order chi connectivity index (χ1) is 10.2. The number of nitrogens with zero attached hydrogens (tertiary/aromatic N) is 1. The molecule has 1 amide bonds. The van der Waals surface area contributed by atoms with E-state index in [4.69, 9.17) is 0 Å². The molecular formula is C16H12FN3O. The molecule has 4 nitrogen and oxygen atoms in total. The van der Waals surface area contributed by atoms with E-state index in [2.05, 4.69) is 15.5 Å². The number of hydrogen-bond acceptors (Lipinski definition) is 2. The summed E-state index contributed by atoms with van der Waals surface area (Å²) in [6.45, 7) is 0. The number of amides is 1. The lowest BCUT2D eigenvalue weighted by atomic mass is 10.2. The Labute approximate surface area is 120 Å². The summed E-state index contributed by atoms with van der Waals surface area (Å²) >= 11 is 0. The van der Waals surface area contributed by atoms with Crippen LogP contribution in [-0.2, 0) is 0 Å². The number of carbonyl (C=O) groups excluding carboxylic acids is 1. The molecule has 2 aromatic carbocycles. The van der Waals surface area contributed by atoms with Crippen LogP contribution in [-0.4, -0.2) is 17.1 Å². The van der Waals surface area contributed by atoms with E-state index >= 15 is 0 Å². The molecule has 0 bridgehead atoms. The molecule has 0 saturated heterocycles. The molecular weight excluding hydrogens is 269 g/mol. The fourth-order valence-electron chi connectivity index (χ4n) is 2.03. The minimum atomic E-state index is -0.310. The topological polar surface area (TPSA) is 57.2 Å². The van der Waals surface area contributed by atoms with Crippen molar-refractivity contribution in [2.45, 2.75) is 0 Å². The number of rotatable bonds is 3. The van der Waals surface area contributed by atoms with Gasteiger partial charge >= 0.3 is 0 Å². The van der Waals surface area contributed by atoms with Crippen molar-refractivity contribution in [1.82, 2.24) is 10.4 Å². The van der Waals surface area contributed by atoms with Crippen molar-refractivity contribution in [3.63, 3.8) is 0 Å². The van der Waals surface area contributed by atoms with Crippen molar-refractivity contribution in [3.05, 3.63) is 71.7 Å². The number of halogens is 1. The largest absolute Gasteiger partial charge is 0.360 e. The number of fused-ring (bicyclic) bond motifs is 1. The van der Waals surface area contributed by atoms with Gasteiger partial charge in [-0.25, -0.2) is 9.82 Å². The van der Waals surface area contributed by atoms with Crippen molar-refractivity contribution >= 4 is 23.0 Å². The highest BCUT2D eigenvalue weighted by Crippen LogP contribution is 2.17. The fourth-order valence-corrected chi connectivity index (χ4v) is 2.03. The summed E-state index contributed by atoms with van der Waals surface area (Å²) in [7, 11) is 0. The fraction of sp³-hybridized carbons (Fsp3) is 0. The van der Waals surface area contributed by atoms with Crippen molar-refractivity contribution in [2.24, 2.45) is 5.10 Å². The van der Waals surface area contributed by atoms with E-state index in [1.165, 1.54) is 18.3 Å². The van der Waals surface area contributed by atoms with E-state index in [0.29, 0.717) is 11.1 Å². The molecule has 0 aliphatic rings. The summed E-state index contributed by atoms with van der Waals surface area (Å²) in [5, 5.41) is 4.71. The molecule has 0 saturated carbocycles. The smallest absolute Gasteiger partial charge is 0.273 e. The summed E-state index contributed by atoms with van der Waals surface area (Å²) in [5.74, 6) is -0.610. The molecule has 0 unspecified atom stereocenters. The SMILES string of the molecule is O=C(NN=Cc1ccc(F)cc1)c1c[nH]c2ccccc12. The summed E-state index contributed by atoms with van der Waals surface area (Å²) < 4.78 is 12.8. The van der Waals surface area contributed by atoms with Crippen molar-refractivity contribution in [2.75, 3.05) is 0 Å². The monoisotopic (exact) mass is 281 g/mol. The average Bonchev–Trinajstić information content (AvgIpc) is 2.93. The number of hydrogen-bond donors (Lipinski definition) is 2. The first kappa shape index (κ1) is 13.1. The van der Waals surface area contributed by atoms with Crippen LogP contribution in [0.15, 0.2) is 59.8 Å². The molecule has 2 N–H and O–H groups in total. The second-order valence-corrected chi connectivity index (χ2v) is 4.50. The van der Waals surface area contributed by atoms with Crippen LogP contribution in [0.4, 0.5) is 4.39 Å². The minimum Gasteiger partial charge on any atom is -0.360 e. The molecule has 1 heterocycles. The molecule has 0 atom stereocenters. The standard InChI is InChI=1S/C16H12FN3O/c17-12-7-5-11(6-8-12)9-19-20-16(21)14-10-18-15-4-2-1-3-13(14)15/h1-10,18H,(H,20,21). The summed E-state index contributed by atoms with van der Waals surface area (Å²) in [5.41, 5.74) is 4.58. The third-order valence-electron chi connectivity index (χ3n) is 3.08. The van der Waals surface area contributed by atoms with Crippen LogP contribution in [0.3, 0.4) is 0 Å². The maximum Gasteiger partial charge on any atom is 0.273 e. The van der Waals surface area contributed by atoms with E-state index in [9.17, 15) is 9.18 Å². The molecule has 5 heteroatoms. The number of hydrazone groups is 1. The average molecular weight is 281 g/mol. The zero-order valence-corrected chi connectivity index (χ0v) is 11.0. The molecule has 0 fully saturated rings. The third kappa shape index (κ3) is 2.81. The number of benzene rings is 2. The second kappa shape index (κ2) is 5.58. The molecule has 3 rings (SSSR count). The molecule has 0 aliphatic carbocycles. The van der Waals surface area contributed by atoms with Crippen LogP contribution in [0.25, 0.3) is 10.9 Å². The molecule has 0 spiro atoms. The molecule has 104 valence electrons. The van der Waals surface area contributed by atoms with Crippen molar-refractivity contribution in [3.8, 4) is 0 Å². The van der Waals surface area contributed by atoms with E-state index in [1.54, 1.807) is 18.3 Å². The lowest BCUT2D eigenvalue weighted by Crippen LogP contribution is -2.17. The number of H-pyrrole nitrogens is 1. The quantitative estimate of drug-likeness (QED) is 0.562. The highest BCUT2D eigenvalue weighted by atomic mass is 19.1. The number of aromatic nitrogens is 1. The van der Waals surface area contributed by atoms with Gasteiger partial charge in [-0.1, -0.05) is 30.3 Å². The van der Waals surface area contributed by atoms with Crippen LogP contribution >= 0.6 is 0 Å². The maximum atomic E-state index is 12.8. The van der Waals surface area contributed by atoms with E-state index in [0.717, 1.165) is 10.9 Å². The predicted molar refractivity (Wildman–Crippen MR) is 79.8 cm³/mol. The molecule has 1 aromatic heterocycles. The Bertz CT molecular complexity index is 806. The maximum absolute atomic E-state index is 12.8. The van der Waals surface area contributed by atoms with Gasteiger partial charge in [0.15, 0.2) is 0 Å². The minimum absolute atomic E-state index is 0.300. The lowest BCUT2D eigenvalue weighted by molar-refractivity contribution is 0.0957. The Morgan fingerprint density at radius 2 is 1.90 bits per heavy atom. The Morgan fingerprint density at radius 1 is 1.14 bits per heavy atom. The number of aromatic amines is 1. The van der Waals surface area contributed by atoms with Gasteiger partial charge in [-0.15, -0.1) is 0 Å². The highest BCUT2D eigenvalue weighted by molar-refractivity contribution is 6.06. The van der Waals surface area contributed by atoms with Gasteiger partial charge in [0.2, 0.25) is 0 Å². The Hall–Kier alpha value is -2.95. The van der Waals surface area contributed by atoms with E-state index in [-0.39, 0.29) is 11.7 Å². The van der Waals surface area contributed by atoms with Crippen LogP contribution in [0.1, 0.15) is 15.9 Å². The lowest BCUT2D eigenvalue weighted by Gasteiger charge is -1.98. The summed E-state index contributed by atoms with van der Waals surface area (Å²) in [6, 6.07) is 13.4. The molecule has 21 heavy (non-hydrogen) atoms. The first-order valence-corrected chi connectivity index (χ1v) is 6.39. The zero-order chi connectivity index (χ0) is 14.7.